The van der Waals surface area contributed by atoms with Crippen molar-refractivity contribution >= 4 is 33.1 Å². The highest BCUT2D eigenvalue weighted by Gasteiger charge is 2.20. The van der Waals surface area contributed by atoms with Crippen molar-refractivity contribution in [2.24, 2.45) is 5.92 Å². The van der Waals surface area contributed by atoms with Crippen LogP contribution in [0.1, 0.15) is 25.6 Å². The molecule has 1 unspecified atom stereocenters. The molecule has 20 heavy (non-hydrogen) atoms. The Hall–Kier alpha value is -0.0800. The monoisotopic (exact) mass is 336 g/mol. The van der Waals surface area contributed by atoms with Gasteiger partial charge in [0.25, 0.3) is 0 Å². The van der Waals surface area contributed by atoms with Gasteiger partial charge in [-0.1, -0.05) is 20.8 Å². The number of hydrogen-bond acceptors (Lipinski definition) is 5. The van der Waals surface area contributed by atoms with E-state index in [2.05, 4.69) is 10.0 Å². The summed E-state index contributed by atoms with van der Waals surface area (Å²) in [6.45, 7) is 7.21. The van der Waals surface area contributed by atoms with Gasteiger partial charge in [-0.3, -0.25) is 0 Å². The Morgan fingerprint density at radius 3 is 2.65 bits per heavy atom. The largest absolute Gasteiger partial charge is 0.310 e. The Morgan fingerprint density at radius 2 is 2.05 bits per heavy atom. The standard InChI is InChI=1S/C13H24N2O2S3/c1-10(2)14-8-12-13(5-6-19-12)20(16,17)15-7-11(3)9-18-4/h5-6,10-11,14-15H,7-9H2,1-4H3. The topological polar surface area (TPSA) is 58.2 Å². The van der Waals surface area contributed by atoms with Crippen LogP contribution in [-0.4, -0.2) is 33.0 Å². The van der Waals surface area contributed by atoms with Crippen LogP contribution >= 0.6 is 23.1 Å². The molecule has 0 bridgehead atoms. The van der Waals surface area contributed by atoms with Crippen molar-refractivity contribution in [3.63, 3.8) is 0 Å². The van der Waals surface area contributed by atoms with Crippen LogP contribution in [0.3, 0.4) is 0 Å². The van der Waals surface area contributed by atoms with E-state index in [0.29, 0.717) is 29.9 Å². The first-order valence-corrected chi connectivity index (χ1v) is 10.4. The Kier molecular flexibility index (Phi) is 7.53. The van der Waals surface area contributed by atoms with Crippen molar-refractivity contribution in [2.75, 3.05) is 18.6 Å². The van der Waals surface area contributed by atoms with Crippen molar-refractivity contribution in [3.8, 4) is 0 Å². The van der Waals surface area contributed by atoms with Gasteiger partial charge in [0, 0.05) is 24.0 Å². The Balaban J connectivity index is 2.70. The van der Waals surface area contributed by atoms with E-state index in [1.165, 1.54) is 11.3 Å². The van der Waals surface area contributed by atoms with Gasteiger partial charge in [0.2, 0.25) is 10.0 Å². The smallest absolute Gasteiger partial charge is 0.241 e. The summed E-state index contributed by atoms with van der Waals surface area (Å²) in [5.41, 5.74) is 0. The molecule has 7 heteroatoms. The Morgan fingerprint density at radius 1 is 1.35 bits per heavy atom. The molecule has 0 spiro atoms. The van der Waals surface area contributed by atoms with Gasteiger partial charge in [-0.05, 0) is 29.4 Å². The molecule has 0 aliphatic heterocycles. The van der Waals surface area contributed by atoms with E-state index in [4.69, 9.17) is 0 Å². The number of nitrogens with one attached hydrogen (secondary N) is 2. The first kappa shape index (κ1) is 18.0. The summed E-state index contributed by atoms with van der Waals surface area (Å²) >= 11 is 3.21. The van der Waals surface area contributed by atoms with Crippen LogP contribution in [0.4, 0.5) is 0 Å². The zero-order valence-corrected chi connectivity index (χ0v) is 14.9. The number of thioether (sulfide) groups is 1. The van der Waals surface area contributed by atoms with Gasteiger partial charge in [0.15, 0.2) is 0 Å². The highest BCUT2D eigenvalue weighted by Crippen LogP contribution is 2.22. The molecule has 0 aliphatic rings. The molecule has 1 rings (SSSR count). The van der Waals surface area contributed by atoms with Gasteiger partial charge < -0.3 is 5.32 Å². The zero-order valence-electron chi connectivity index (χ0n) is 12.5. The molecule has 2 N–H and O–H groups in total. The second-order valence-electron chi connectivity index (χ2n) is 5.16. The molecule has 0 saturated carbocycles. The van der Waals surface area contributed by atoms with Gasteiger partial charge in [-0.2, -0.15) is 11.8 Å². The minimum atomic E-state index is -3.40. The quantitative estimate of drug-likeness (QED) is 0.727. The number of sulfonamides is 1. The highest BCUT2D eigenvalue weighted by atomic mass is 32.2. The van der Waals surface area contributed by atoms with E-state index < -0.39 is 10.0 Å². The van der Waals surface area contributed by atoms with E-state index in [9.17, 15) is 8.42 Å². The van der Waals surface area contributed by atoms with Crippen LogP contribution in [-0.2, 0) is 16.6 Å². The van der Waals surface area contributed by atoms with Crippen LogP contribution in [0, 0.1) is 5.92 Å². The molecule has 1 heterocycles. The van der Waals surface area contributed by atoms with Crippen molar-refractivity contribution in [2.45, 2.75) is 38.3 Å². The van der Waals surface area contributed by atoms with Crippen molar-refractivity contribution in [1.29, 1.82) is 0 Å². The van der Waals surface area contributed by atoms with Crippen LogP contribution in [0.25, 0.3) is 0 Å². The maximum Gasteiger partial charge on any atom is 0.241 e. The van der Waals surface area contributed by atoms with Crippen LogP contribution in [0.5, 0.6) is 0 Å². The number of rotatable bonds is 9. The number of hydrogen-bond donors (Lipinski definition) is 2. The van der Waals surface area contributed by atoms with Crippen LogP contribution in [0.2, 0.25) is 0 Å². The molecular formula is C13H24N2O2S3. The van der Waals surface area contributed by atoms with E-state index in [-0.39, 0.29) is 0 Å². The Labute approximate surface area is 130 Å². The molecule has 116 valence electrons. The van der Waals surface area contributed by atoms with E-state index in [1.807, 2.05) is 32.4 Å². The second-order valence-corrected chi connectivity index (χ2v) is 8.80. The first-order chi connectivity index (χ1) is 9.36. The average Bonchev–Trinajstić information content (AvgIpc) is 2.83. The third-order valence-corrected chi connectivity index (χ3v) is 6.20. The summed E-state index contributed by atoms with van der Waals surface area (Å²) in [6.07, 6.45) is 2.03. The highest BCUT2D eigenvalue weighted by molar-refractivity contribution is 7.98. The van der Waals surface area contributed by atoms with Crippen molar-refractivity contribution < 1.29 is 8.42 Å². The van der Waals surface area contributed by atoms with E-state index in [1.54, 1.807) is 17.8 Å². The normalized spacial score (nSPS) is 13.8. The van der Waals surface area contributed by atoms with Crippen LogP contribution in [0.15, 0.2) is 16.3 Å². The van der Waals surface area contributed by atoms with Crippen molar-refractivity contribution in [3.05, 3.63) is 16.3 Å². The molecule has 0 aromatic carbocycles. The molecule has 1 atom stereocenters. The fraction of sp³-hybridized carbons (Fsp3) is 0.692. The summed E-state index contributed by atoms with van der Waals surface area (Å²) < 4.78 is 27.4. The lowest BCUT2D eigenvalue weighted by Gasteiger charge is -2.13. The van der Waals surface area contributed by atoms with Crippen LogP contribution < -0.4 is 10.0 Å². The van der Waals surface area contributed by atoms with Crippen molar-refractivity contribution in [1.82, 2.24) is 10.0 Å². The molecule has 0 aliphatic carbocycles. The first-order valence-electron chi connectivity index (χ1n) is 6.65. The maximum atomic E-state index is 12.3. The lowest BCUT2D eigenvalue weighted by molar-refractivity contribution is 0.558. The lowest BCUT2D eigenvalue weighted by atomic mass is 10.2. The minimum absolute atomic E-state index is 0.329. The summed E-state index contributed by atoms with van der Waals surface area (Å²) in [5, 5.41) is 5.09. The molecular weight excluding hydrogens is 312 g/mol. The predicted molar refractivity (Wildman–Crippen MR) is 89.0 cm³/mol. The maximum absolute atomic E-state index is 12.3. The fourth-order valence-electron chi connectivity index (χ4n) is 1.67. The van der Waals surface area contributed by atoms with Gasteiger partial charge in [-0.25, -0.2) is 13.1 Å². The van der Waals surface area contributed by atoms with E-state index in [0.717, 1.165) is 10.6 Å². The number of thiophene rings is 1. The van der Waals surface area contributed by atoms with Gasteiger partial charge in [-0.15, -0.1) is 11.3 Å². The molecule has 0 fully saturated rings. The zero-order chi connectivity index (χ0) is 15.2. The van der Waals surface area contributed by atoms with E-state index >= 15 is 0 Å². The molecule has 1 aromatic heterocycles. The van der Waals surface area contributed by atoms with Gasteiger partial charge in [0.1, 0.15) is 0 Å². The summed E-state index contributed by atoms with van der Waals surface area (Å²) in [4.78, 5) is 1.27. The SMILES string of the molecule is CSCC(C)CNS(=O)(=O)c1ccsc1CNC(C)C. The fourth-order valence-corrected chi connectivity index (χ4v) is 4.91. The van der Waals surface area contributed by atoms with Gasteiger partial charge >= 0.3 is 0 Å². The molecule has 0 radical (unpaired) electrons. The second kappa shape index (κ2) is 8.38. The van der Waals surface area contributed by atoms with Gasteiger partial charge in [0.05, 0.1) is 4.90 Å². The summed E-state index contributed by atoms with van der Waals surface area (Å²) in [7, 11) is -3.40. The third-order valence-electron chi connectivity index (χ3n) is 2.74. The Bertz CT molecular complexity index is 497. The summed E-state index contributed by atoms with van der Waals surface area (Å²) in [5.74, 6) is 1.28. The molecule has 0 saturated heterocycles. The summed E-state index contributed by atoms with van der Waals surface area (Å²) in [6, 6.07) is 2.02. The third kappa shape index (κ3) is 5.73. The molecule has 4 nitrogen and oxygen atoms in total. The minimum Gasteiger partial charge on any atom is -0.310 e. The molecule has 0 amide bonds. The molecule has 1 aromatic rings. The average molecular weight is 337 g/mol. The predicted octanol–water partition coefficient (Wildman–Crippen LogP) is 2.52. The lowest BCUT2D eigenvalue weighted by Crippen LogP contribution is -2.30.